The molecule has 1 saturated heterocycles. The molecule has 0 saturated carbocycles. The van der Waals surface area contributed by atoms with Crippen LogP contribution in [0, 0.1) is 0 Å². The van der Waals surface area contributed by atoms with E-state index in [9.17, 15) is 10.2 Å². The summed E-state index contributed by atoms with van der Waals surface area (Å²) in [5.41, 5.74) is 1.29. The predicted molar refractivity (Wildman–Crippen MR) is 67.6 cm³/mol. The number of unbranched alkanes of at least 4 members (excludes halogenated alkanes) is 3. The first kappa shape index (κ1) is 11.9. The van der Waals surface area contributed by atoms with Crippen molar-refractivity contribution in [3.8, 4) is 11.8 Å². The highest BCUT2D eigenvalue weighted by atomic mass is 16.5. The number of hydrogen-bond acceptors (Lipinski definition) is 3. The second-order valence-corrected chi connectivity index (χ2v) is 5.56. The second kappa shape index (κ2) is 4.19. The first-order valence-electron chi connectivity index (χ1n) is 7.00. The monoisotopic (exact) mass is 251 g/mol. The molecule has 1 aromatic heterocycles. The molecule has 1 aromatic rings. The SMILES string of the molecule is CCCCCCC12CCC(O1)c1c(O)[nH]c(O)c12. The van der Waals surface area contributed by atoms with Gasteiger partial charge in [-0.05, 0) is 19.3 Å². The summed E-state index contributed by atoms with van der Waals surface area (Å²) >= 11 is 0. The highest BCUT2D eigenvalue weighted by Gasteiger charge is 2.54. The number of rotatable bonds is 5. The number of nitrogens with one attached hydrogen (secondary N) is 1. The van der Waals surface area contributed by atoms with Crippen molar-refractivity contribution in [2.24, 2.45) is 0 Å². The third kappa shape index (κ3) is 1.55. The van der Waals surface area contributed by atoms with Gasteiger partial charge in [0.1, 0.15) is 0 Å². The van der Waals surface area contributed by atoms with Crippen LogP contribution in [-0.2, 0) is 10.3 Å². The number of aromatic nitrogens is 1. The normalized spacial score (nSPS) is 28.8. The van der Waals surface area contributed by atoms with Crippen LogP contribution in [0.3, 0.4) is 0 Å². The maximum absolute atomic E-state index is 9.95. The van der Waals surface area contributed by atoms with Gasteiger partial charge in [0, 0.05) is 0 Å². The molecule has 1 fully saturated rings. The van der Waals surface area contributed by atoms with Crippen LogP contribution in [0.5, 0.6) is 11.8 Å². The number of aromatic hydroxyl groups is 2. The van der Waals surface area contributed by atoms with E-state index < -0.39 is 0 Å². The Kier molecular flexibility index (Phi) is 2.77. The highest BCUT2D eigenvalue weighted by molar-refractivity contribution is 5.53. The molecule has 4 heteroatoms. The van der Waals surface area contributed by atoms with E-state index in [0.29, 0.717) is 0 Å². The Morgan fingerprint density at radius 3 is 2.89 bits per heavy atom. The molecule has 4 nitrogen and oxygen atoms in total. The summed E-state index contributed by atoms with van der Waals surface area (Å²) in [6.07, 6.45) is 7.62. The predicted octanol–water partition coefficient (Wildman–Crippen LogP) is 3.46. The lowest BCUT2D eigenvalue weighted by Crippen LogP contribution is -2.22. The molecule has 18 heavy (non-hydrogen) atoms. The van der Waals surface area contributed by atoms with Crippen molar-refractivity contribution in [2.75, 3.05) is 0 Å². The van der Waals surface area contributed by atoms with Gasteiger partial charge in [0.15, 0.2) is 11.8 Å². The zero-order chi connectivity index (χ0) is 12.8. The smallest absolute Gasteiger partial charge is 0.197 e. The summed E-state index contributed by atoms with van der Waals surface area (Å²) in [5.74, 6) is 0.183. The molecule has 3 rings (SSSR count). The Balaban J connectivity index is 1.82. The number of fused-ring (bicyclic) bond motifs is 5. The molecular weight excluding hydrogens is 230 g/mol. The van der Waals surface area contributed by atoms with Crippen molar-refractivity contribution in [2.45, 2.75) is 63.6 Å². The largest absolute Gasteiger partial charge is 0.494 e. The third-order valence-corrected chi connectivity index (χ3v) is 4.39. The van der Waals surface area contributed by atoms with Gasteiger partial charge in [-0.2, -0.15) is 0 Å². The molecule has 0 aromatic carbocycles. The molecule has 2 aliphatic rings. The molecule has 100 valence electrons. The summed E-state index contributed by atoms with van der Waals surface area (Å²) in [7, 11) is 0. The molecule has 2 bridgehead atoms. The van der Waals surface area contributed by atoms with Crippen molar-refractivity contribution in [3.05, 3.63) is 11.1 Å². The molecule has 3 N–H and O–H groups in total. The second-order valence-electron chi connectivity index (χ2n) is 5.56. The lowest BCUT2D eigenvalue weighted by molar-refractivity contribution is -0.0311. The standard InChI is InChI=1S/C14H21NO3/c1-2-3-4-5-7-14-8-6-9(18-14)10-11(14)13(17)15-12(10)16/h9,15-17H,2-8H2,1H3. The molecule has 3 heterocycles. The van der Waals surface area contributed by atoms with E-state index in [1.54, 1.807) is 0 Å². The highest BCUT2D eigenvalue weighted by Crippen LogP contribution is 2.61. The number of aromatic amines is 1. The molecule has 2 aliphatic heterocycles. The van der Waals surface area contributed by atoms with Crippen molar-refractivity contribution in [1.82, 2.24) is 4.98 Å². The molecule has 0 radical (unpaired) electrons. The van der Waals surface area contributed by atoms with Gasteiger partial charge in [0.05, 0.1) is 22.8 Å². The summed E-state index contributed by atoms with van der Waals surface area (Å²) in [6, 6.07) is 0. The van der Waals surface area contributed by atoms with Gasteiger partial charge in [-0.15, -0.1) is 0 Å². The Labute approximate surface area is 107 Å². The molecule has 0 aliphatic carbocycles. The van der Waals surface area contributed by atoms with Crippen LogP contribution < -0.4 is 0 Å². The first-order chi connectivity index (χ1) is 8.68. The Bertz CT molecular complexity index is 454. The number of ether oxygens (including phenoxy) is 1. The van der Waals surface area contributed by atoms with Crippen LogP contribution in [0.2, 0.25) is 0 Å². The summed E-state index contributed by atoms with van der Waals surface area (Å²) < 4.78 is 6.07. The zero-order valence-corrected chi connectivity index (χ0v) is 10.8. The van der Waals surface area contributed by atoms with Crippen LogP contribution in [0.15, 0.2) is 0 Å². The minimum Gasteiger partial charge on any atom is -0.494 e. The van der Waals surface area contributed by atoms with Gasteiger partial charge < -0.3 is 14.9 Å². The van der Waals surface area contributed by atoms with Crippen LogP contribution in [0.4, 0.5) is 0 Å². The van der Waals surface area contributed by atoms with Crippen LogP contribution in [0.1, 0.15) is 69.1 Å². The van der Waals surface area contributed by atoms with E-state index in [-0.39, 0.29) is 23.5 Å². The fourth-order valence-electron chi connectivity index (χ4n) is 3.55. The van der Waals surface area contributed by atoms with Gasteiger partial charge in [-0.1, -0.05) is 32.6 Å². The van der Waals surface area contributed by atoms with Gasteiger partial charge in [-0.3, -0.25) is 4.98 Å². The lowest BCUT2D eigenvalue weighted by Gasteiger charge is -2.25. The molecule has 2 unspecified atom stereocenters. The first-order valence-corrected chi connectivity index (χ1v) is 7.00. The van der Waals surface area contributed by atoms with Gasteiger partial charge in [-0.25, -0.2) is 0 Å². The summed E-state index contributed by atoms with van der Waals surface area (Å²) in [5, 5.41) is 19.7. The minimum atomic E-state index is -0.338. The maximum Gasteiger partial charge on any atom is 0.197 e. The fourth-order valence-corrected chi connectivity index (χ4v) is 3.55. The van der Waals surface area contributed by atoms with Crippen molar-refractivity contribution in [3.63, 3.8) is 0 Å². The van der Waals surface area contributed by atoms with Crippen molar-refractivity contribution >= 4 is 0 Å². The zero-order valence-electron chi connectivity index (χ0n) is 10.8. The lowest BCUT2D eigenvalue weighted by atomic mass is 9.81. The van der Waals surface area contributed by atoms with Crippen molar-refractivity contribution in [1.29, 1.82) is 0 Å². The molecule has 0 spiro atoms. The van der Waals surface area contributed by atoms with Gasteiger partial charge in [0.25, 0.3) is 0 Å². The maximum atomic E-state index is 9.95. The van der Waals surface area contributed by atoms with E-state index >= 15 is 0 Å². The summed E-state index contributed by atoms with van der Waals surface area (Å²) in [6.45, 7) is 2.20. The Morgan fingerprint density at radius 1 is 1.28 bits per heavy atom. The number of H-pyrrole nitrogens is 1. The van der Waals surface area contributed by atoms with E-state index in [4.69, 9.17) is 4.74 Å². The topological polar surface area (TPSA) is 65.5 Å². The summed E-state index contributed by atoms with van der Waals surface area (Å²) in [4.78, 5) is 2.64. The average Bonchev–Trinajstić information content (AvgIpc) is 2.97. The molecular formula is C14H21NO3. The average molecular weight is 251 g/mol. The Morgan fingerprint density at radius 2 is 2.11 bits per heavy atom. The van der Waals surface area contributed by atoms with Crippen LogP contribution >= 0.6 is 0 Å². The number of hydrogen-bond donors (Lipinski definition) is 3. The van der Waals surface area contributed by atoms with Crippen molar-refractivity contribution < 1.29 is 14.9 Å². The van der Waals surface area contributed by atoms with E-state index in [2.05, 4.69) is 11.9 Å². The van der Waals surface area contributed by atoms with E-state index in [0.717, 1.165) is 36.8 Å². The van der Waals surface area contributed by atoms with Crippen LogP contribution in [0.25, 0.3) is 0 Å². The van der Waals surface area contributed by atoms with Crippen LogP contribution in [-0.4, -0.2) is 15.2 Å². The van der Waals surface area contributed by atoms with Gasteiger partial charge in [0.2, 0.25) is 0 Å². The molecule has 2 atom stereocenters. The Hall–Kier alpha value is -1.16. The molecule has 0 amide bonds. The minimum absolute atomic E-state index is 0.0247. The van der Waals surface area contributed by atoms with E-state index in [1.165, 1.54) is 19.3 Å². The van der Waals surface area contributed by atoms with Gasteiger partial charge >= 0.3 is 0 Å². The fraction of sp³-hybridized carbons (Fsp3) is 0.714. The third-order valence-electron chi connectivity index (χ3n) is 4.39. The van der Waals surface area contributed by atoms with E-state index in [1.807, 2.05) is 0 Å². The quantitative estimate of drug-likeness (QED) is 0.702.